The number of carbonyl (C=O) groups is 1. The first kappa shape index (κ1) is 20.9. The van der Waals surface area contributed by atoms with Gasteiger partial charge in [0.25, 0.3) is 0 Å². The van der Waals surface area contributed by atoms with E-state index in [2.05, 4.69) is 15.2 Å². The van der Waals surface area contributed by atoms with Crippen molar-refractivity contribution in [2.75, 3.05) is 4.90 Å². The molecule has 0 amide bonds. The van der Waals surface area contributed by atoms with Gasteiger partial charge in [0.2, 0.25) is 0 Å². The Balaban J connectivity index is 1.58. The number of nitrogens with one attached hydrogen (secondary N) is 1. The molecule has 2 aromatic heterocycles. The topological polar surface area (TPSA) is 78.6 Å². The molecule has 6 nitrogen and oxygen atoms in total. The van der Waals surface area contributed by atoms with Crippen molar-refractivity contribution in [2.45, 2.75) is 19.0 Å². The number of nitrogens with zero attached hydrogens (tertiary/aromatic N) is 2. The molecule has 2 aromatic carbocycles. The summed E-state index contributed by atoms with van der Waals surface area (Å²) in [5, 5.41) is 13.3. The first-order chi connectivity index (χ1) is 16.0. The zero-order chi connectivity index (χ0) is 22.9. The number of aromatic carboxylic acids is 1. The first-order valence-corrected chi connectivity index (χ1v) is 10.9. The Morgan fingerprint density at radius 2 is 1.85 bits per heavy atom. The van der Waals surface area contributed by atoms with Gasteiger partial charge in [0, 0.05) is 17.4 Å². The molecule has 3 heterocycles. The van der Waals surface area contributed by atoms with Crippen LogP contribution in [0.2, 0.25) is 0 Å². The van der Waals surface area contributed by atoms with Crippen molar-refractivity contribution in [2.24, 2.45) is 0 Å². The van der Waals surface area contributed by atoms with Gasteiger partial charge in [0.05, 0.1) is 17.3 Å². The van der Waals surface area contributed by atoms with E-state index >= 15 is 0 Å². The molecule has 0 radical (unpaired) electrons. The van der Waals surface area contributed by atoms with Crippen LogP contribution in [0.1, 0.15) is 39.5 Å². The first-order valence-electron chi connectivity index (χ1n) is 10.5. The highest BCUT2D eigenvalue weighted by Crippen LogP contribution is 2.43. The van der Waals surface area contributed by atoms with Crippen LogP contribution in [-0.4, -0.2) is 21.2 Å². The van der Waals surface area contributed by atoms with Crippen molar-refractivity contribution in [3.63, 3.8) is 0 Å². The fraction of sp³-hybridized carbons (Fsp3) is 0.115. The van der Waals surface area contributed by atoms with Gasteiger partial charge in [-0.15, -0.1) is 0 Å². The van der Waals surface area contributed by atoms with Crippen molar-refractivity contribution in [1.82, 2.24) is 10.3 Å². The summed E-state index contributed by atoms with van der Waals surface area (Å²) in [6.45, 7) is 1.88. The van der Waals surface area contributed by atoms with Gasteiger partial charge < -0.3 is 19.7 Å². The van der Waals surface area contributed by atoms with Crippen molar-refractivity contribution < 1.29 is 14.3 Å². The lowest BCUT2D eigenvalue weighted by molar-refractivity contribution is 0.0697. The average Bonchev–Trinajstić information content (AvgIpc) is 3.44. The third kappa shape index (κ3) is 3.87. The number of thiocarbonyl (C=S) groups is 1. The minimum absolute atomic E-state index is 0.201. The van der Waals surface area contributed by atoms with Crippen LogP contribution in [0.25, 0.3) is 11.3 Å². The normalized spacial score (nSPS) is 17.7. The largest absolute Gasteiger partial charge is 0.478 e. The highest BCUT2D eigenvalue weighted by Gasteiger charge is 2.42. The zero-order valence-corrected chi connectivity index (χ0v) is 18.6. The minimum Gasteiger partial charge on any atom is -0.478 e. The second kappa shape index (κ2) is 8.52. The predicted molar refractivity (Wildman–Crippen MR) is 130 cm³/mol. The molecule has 0 unspecified atom stereocenters. The summed E-state index contributed by atoms with van der Waals surface area (Å²) in [4.78, 5) is 17.9. The number of para-hydroxylation sites is 1. The molecule has 164 valence electrons. The fourth-order valence-corrected chi connectivity index (χ4v) is 4.59. The van der Waals surface area contributed by atoms with E-state index in [0.717, 1.165) is 28.3 Å². The van der Waals surface area contributed by atoms with Gasteiger partial charge in [-0.05, 0) is 73.2 Å². The van der Waals surface area contributed by atoms with Crippen LogP contribution >= 0.6 is 12.2 Å². The molecule has 0 spiro atoms. The smallest absolute Gasteiger partial charge is 0.335 e. The standard InChI is InChI=1S/C26H21N3O3S/c1-16-15-17(25(30)31)10-11-19(16)21-12-13-22(32-21)24-23(20-9-5-6-14-27-20)28-26(33)29(24)18-7-3-2-4-8-18/h2-15,23-24H,1H3,(H,28,33)(H,30,31)/t23-,24-/m1/s1. The van der Waals surface area contributed by atoms with E-state index in [1.807, 2.05) is 67.6 Å². The minimum atomic E-state index is -0.952. The third-order valence-electron chi connectivity index (χ3n) is 5.79. The SMILES string of the molecule is Cc1cc(C(=O)O)ccc1-c1ccc([C@@H]2[C@@H](c3ccccn3)NC(=S)N2c2ccccc2)o1. The Morgan fingerprint density at radius 1 is 1.06 bits per heavy atom. The van der Waals surface area contributed by atoms with Crippen LogP contribution in [0.5, 0.6) is 0 Å². The van der Waals surface area contributed by atoms with E-state index < -0.39 is 5.97 Å². The molecule has 4 aromatic rings. The summed E-state index contributed by atoms with van der Waals surface area (Å²) in [5.74, 6) is 0.454. The van der Waals surface area contributed by atoms with Crippen LogP contribution in [-0.2, 0) is 0 Å². The molecule has 7 heteroatoms. The van der Waals surface area contributed by atoms with Gasteiger partial charge in [-0.3, -0.25) is 4.98 Å². The van der Waals surface area contributed by atoms with E-state index in [1.165, 1.54) is 0 Å². The molecule has 33 heavy (non-hydrogen) atoms. The highest BCUT2D eigenvalue weighted by molar-refractivity contribution is 7.80. The lowest BCUT2D eigenvalue weighted by Crippen LogP contribution is -2.29. The summed E-state index contributed by atoms with van der Waals surface area (Å²) in [7, 11) is 0. The maximum absolute atomic E-state index is 11.3. The van der Waals surface area contributed by atoms with Gasteiger partial charge in [-0.2, -0.15) is 0 Å². The number of hydrogen-bond acceptors (Lipinski definition) is 4. The molecular formula is C26H21N3O3S. The predicted octanol–water partition coefficient (Wildman–Crippen LogP) is 5.53. The summed E-state index contributed by atoms with van der Waals surface area (Å²) in [6.07, 6.45) is 1.77. The Bertz CT molecular complexity index is 1320. The molecule has 2 N–H and O–H groups in total. The molecule has 5 rings (SSSR count). The van der Waals surface area contributed by atoms with E-state index in [0.29, 0.717) is 10.9 Å². The van der Waals surface area contributed by atoms with Crippen molar-refractivity contribution in [3.8, 4) is 11.3 Å². The zero-order valence-electron chi connectivity index (χ0n) is 17.8. The number of benzene rings is 2. The maximum Gasteiger partial charge on any atom is 0.335 e. The fourth-order valence-electron chi connectivity index (χ4n) is 4.24. The molecule has 1 fully saturated rings. The lowest BCUT2D eigenvalue weighted by Gasteiger charge is -2.26. The monoisotopic (exact) mass is 455 g/mol. The second-order valence-corrected chi connectivity index (χ2v) is 8.26. The number of pyridine rings is 1. The van der Waals surface area contributed by atoms with Gasteiger partial charge in [-0.25, -0.2) is 4.79 Å². The van der Waals surface area contributed by atoms with E-state index in [-0.39, 0.29) is 17.6 Å². The highest BCUT2D eigenvalue weighted by atomic mass is 32.1. The van der Waals surface area contributed by atoms with Crippen LogP contribution in [0, 0.1) is 6.92 Å². The Hall–Kier alpha value is -3.97. The lowest BCUT2D eigenvalue weighted by atomic mass is 10.0. The summed E-state index contributed by atoms with van der Waals surface area (Å²) < 4.78 is 6.37. The van der Waals surface area contributed by atoms with Gasteiger partial charge in [0.15, 0.2) is 5.11 Å². The summed E-state index contributed by atoms with van der Waals surface area (Å²) >= 11 is 5.73. The molecule has 0 aliphatic carbocycles. The van der Waals surface area contributed by atoms with Crippen molar-refractivity contribution >= 4 is 29.0 Å². The number of aromatic nitrogens is 1. The van der Waals surface area contributed by atoms with Crippen LogP contribution in [0.15, 0.2) is 89.5 Å². The average molecular weight is 456 g/mol. The van der Waals surface area contributed by atoms with Crippen LogP contribution in [0.4, 0.5) is 5.69 Å². The summed E-state index contributed by atoms with van der Waals surface area (Å²) in [5.41, 5.74) is 3.75. The van der Waals surface area contributed by atoms with E-state index in [1.54, 1.807) is 24.4 Å². The number of aryl methyl sites for hydroxylation is 1. The molecule has 1 aliphatic rings. The van der Waals surface area contributed by atoms with Crippen LogP contribution < -0.4 is 10.2 Å². The second-order valence-electron chi connectivity index (χ2n) is 7.87. The Morgan fingerprint density at radius 3 is 2.55 bits per heavy atom. The molecule has 0 bridgehead atoms. The van der Waals surface area contributed by atoms with Gasteiger partial charge >= 0.3 is 5.97 Å². The molecular weight excluding hydrogens is 434 g/mol. The number of carboxylic acid groups (broad SMARTS) is 1. The third-order valence-corrected chi connectivity index (χ3v) is 6.10. The number of hydrogen-bond donors (Lipinski definition) is 2. The molecule has 0 saturated carbocycles. The number of rotatable bonds is 5. The number of furan rings is 1. The van der Waals surface area contributed by atoms with Gasteiger partial charge in [0.1, 0.15) is 17.6 Å². The molecule has 2 atom stereocenters. The number of anilines is 1. The Labute approximate surface area is 196 Å². The molecule has 1 saturated heterocycles. The van der Waals surface area contributed by atoms with Crippen molar-refractivity contribution in [3.05, 3.63) is 108 Å². The van der Waals surface area contributed by atoms with Gasteiger partial charge in [-0.1, -0.05) is 30.3 Å². The maximum atomic E-state index is 11.3. The number of carboxylic acids is 1. The Kier molecular flexibility index (Phi) is 5.40. The van der Waals surface area contributed by atoms with E-state index in [4.69, 9.17) is 16.6 Å². The van der Waals surface area contributed by atoms with Crippen molar-refractivity contribution in [1.29, 1.82) is 0 Å². The molecule has 1 aliphatic heterocycles. The van der Waals surface area contributed by atoms with E-state index in [9.17, 15) is 9.90 Å². The summed E-state index contributed by atoms with van der Waals surface area (Å²) in [6, 6.07) is 24.2. The quantitative estimate of drug-likeness (QED) is 0.383. The van der Waals surface area contributed by atoms with Crippen LogP contribution in [0.3, 0.4) is 0 Å².